The highest BCUT2D eigenvalue weighted by Gasteiger charge is 2.29. The summed E-state index contributed by atoms with van der Waals surface area (Å²) in [6.45, 7) is 4.08. The number of ketones is 1. The van der Waals surface area contributed by atoms with Gasteiger partial charge in [0.05, 0.1) is 22.8 Å². The Morgan fingerprint density at radius 2 is 2.22 bits per heavy atom. The average molecular weight is 269 g/mol. The average Bonchev–Trinajstić information content (AvgIpc) is 2.90. The van der Waals surface area contributed by atoms with E-state index >= 15 is 0 Å². The summed E-state index contributed by atoms with van der Waals surface area (Å²) in [6.07, 6.45) is 4.92. The van der Waals surface area contributed by atoms with E-state index in [-0.39, 0.29) is 5.92 Å². The number of aryl methyl sites for hydroxylation is 2. The summed E-state index contributed by atoms with van der Waals surface area (Å²) in [5.41, 5.74) is 1.67. The topological polar surface area (TPSA) is 34.9 Å². The molecule has 1 saturated carbocycles. The first kappa shape index (κ1) is 13.6. The van der Waals surface area contributed by atoms with Gasteiger partial charge in [0.15, 0.2) is 0 Å². The molecule has 2 rings (SSSR count). The van der Waals surface area contributed by atoms with Gasteiger partial charge < -0.3 is 0 Å². The molecule has 18 heavy (non-hydrogen) atoms. The molecule has 0 bridgehead atoms. The molecule has 1 aromatic rings. The van der Waals surface area contributed by atoms with Crippen LogP contribution in [0.1, 0.15) is 44.0 Å². The van der Waals surface area contributed by atoms with E-state index in [0.29, 0.717) is 17.2 Å². The lowest BCUT2D eigenvalue weighted by molar-refractivity contribution is -0.122. The van der Waals surface area contributed by atoms with Crippen molar-refractivity contribution in [3.63, 3.8) is 0 Å². The minimum absolute atomic E-state index is 0.237. The van der Waals surface area contributed by atoms with Gasteiger partial charge in [0.25, 0.3) is 0 Å². The minimum Gasteiger partial charge on any atom is -0.299 e. The third-order valence-corrected chi connectivity index (χ3v) is 4.67. The number of aromatic nitrogens is 2. The Bertz CT molecular complexity index is 453. The van der Waals surface area contributed by atoms with Gasteiger partial charge in [-0.2, -0.15) is 5.10 Å². The molecule has 0 N–H and O–H groups in total. The number of halogens is 1. The molecule has 100 valence electrons. The lowest BCUT2D eigenvalue weighted by Gasteiger charge is -2.09. The maximum Gasteiger partial charge on any atom is 0.141 e. The molecule has 0 aliphatic heterocycles. The molecule has 3 nitrogen and oxygen atoms in total. The largest absolute Gasteiger partial charge is 0.299 e. The maximum absolute atomic E-state index is 12.3. The highest BCUT2D eigenvalue weighted by Crippen LogP contribution is 2.34. The van der Waals surface area contributed by atoms with Crippen LogP contribution >= 0.6 is 11.6 Å². The van der Waals surface area contributed by atoms with Crippen LogP contribution in [0.15, 0.2) is 0 Å². The molecule has 1 aliphatic carbocycles. The first-order valence-electron chi connectivity index (χ1n) is 6.73. The van der Waals surface area contributed by atoms with Crippen molar-refractivity contribution in [2.24, 2.45) is 18.9 Å². The molecule has 0 spiro atoms. The predicted octanol–water partition coefficient (Wildman–Crippen LogP) is 3.32. The van der Waals surface area contributed by atoms with Crippen LogP contribution < -0.4 is 0 Å². The molecular formula is C14H21ClN2O. The van der Waals surface area contributed by atoms with E-state index in [4.69, 9.17) is 11.6 Å². The van der Waals surface area contributed by atoms with Gasteiger partial charge in [-0.1, -0.05) is 24.9 Å². The molecule has 0 aromatic carbocycles. The number of Topliss-reactive ketones (excluding diaryl/α,β-unsaturated/α-hetero) is 1. The van der Waals surface area contributed by atoms with Gasteiger partial charge in [-0.05, 0) is 32.1 Å². The second kappa shape index (κ2) is 5.43. The standard InChI is InChI=1S/C14H21ClN2O/c1-4-10-5-6-11(7-10)13(18)8-12-14(15)9(2)16-17(12)3/h10-11H,4-8H2,1-3H3. The SMILES string of the molecule is CCC1CCC(C(=O)Cc2c(Cl)c(C)nn2C)C1. The second-order valence-electron chi connectivity index (χ2n) is 5.40. The molecule has 2 unspecified atom stereocenters. The number of carbonyl (C=O) groups is 1. The van der Waals surface area contributed by atoms with E-state index < -0.39 is 0 Å². The Labute approximate surface area is 114 Å². The van der Waals surface area contributed by atoms with Gasteiger partial charge in [0.1, 0.15) is 5.78 Å². The van der Waals surface area contributed by atoms with Gasteiger partial charge in [-0.15, -0.1) is 0 Å². The summed E-state index contributed by atoms with van der Waals surface area (Å²) >= 11 is 6.19. The highest BCUT2D eigenvalue weighted by molar-refractivity contribution is 6.32. The Morgan fingerprint density at radius 3 is 2.72 bits per heavy atom. The molecule has 1 fully saturated rings. The van der Waals surface area contributed by atoms with Gasteiger partial charge in [-0.3, -0.25) is 9.48 Å². The van der Waals surface area contributed by atoms with Crippen molar-refractivity contribution < 1.29 is 4.79 Å². The number of hydrogen-bond donors (Lipinski definition) is 0. The number of nitrogens with zero attached hydrogens (tertiary/aromatic N) is 2. The summed E-state index contributed by atoms with van der Waals surface area (Å²) in [5.74, 6) is 1.31. The molecule has 1 aliphatic rings. The Hall–Kier alpha value is -0.830. The third-order valence-electron chi connectivity index (χ3n) is 4.18. The summed E-state index contributed by atoms with van der Waals surface area (Å²) in [7, 11) is 1.85. The molecular weight excluding hydrogens is 248 g/mol. The zero-order chi connectivity index (χ0) is 13.3. The Morgan fingerprint density at radius 1 is 1.50 bits per heavy atom. The number of carbonyl (C=O) groups excluding carboxylic acids is 1. The zero-order valence-electron chi connectivity index (χ0n) is 11.4. The molecule has 1 aromatic heterocycles. The van der Waals surface area contributed by atoms with Gasteiger partial charge in [-0.25, -0.2) is 0 Å². The number of hydrogen-bond acceptors (Lipinski definition) is 2. The Balaban J connectivity index is 2.03. The van der Waals surface area contributed by atoms with Crippen LogP contribution in [0.5, 0.6) is 0 Å². The van der Waals surface area contributed by atoms with Crippen LogP contribution in [0.4, 0.5) is 0 Å². The predicted molar refractivity (Wildman–Crippen MR) is 72.8 cm³/mol. The van der Waals surface area contributed by atoms with Crippen molar-refractivity contribution in [1.82, 2.24) is 9.78 Å². The first-order chi connectivity index (χ1) is 8.52. The summed E-state index contributed by atoms with van der Waals surface area (Å²) in [5, 5.41) is 4.90. The van der Waals surface area contributed by atoms with Gasteiger partial charge in [0.2, 0.25) is 0 Å². The van der Waals surface area contributed by atoms with Crippen LogP contribution in [-0.2, 0) is 18.3 Å². The van der Waals surface area contributed by atoms with Crippen molar-refractivity contribution in [1.29, 1.82) is 0 Å². The minimum atomic E-state index is 0.237. The van der Waals surface area contributed by atoms with Crippen molar-refractivity contribution in [3.05, 3.63) is 16.4 Å². The van der Waals surface area contributed by atoms with E-state index in [2.05, 4.69) is 12.0 Å². The molecule has 0 radical (unpaired) electrons. The molecule has 0 saturated heterocycles. The fourth-order valence-electron chi connectivity index (χ4n) is 2.92. The van der Waals surface area contributed by atoms with E-state index in [0.717, 1.165) is 30.1 Å². The monoisotopic (exact) mass is 268 g/mol. The fourth-order valence-corrected chi connectivity index (χ4v) is 3.15. The molecule has 4 heteroatoms. The summed E-state index contributed by atoms with van der Waals surface area (Å²) in [4.78, 5) is 12.3. The van der Waals surface area contributed by atoms with Crippen LogP contribution in [0, 0.1) is 18.8 Å². The second-order valence-corrected chi connectivity index (χ2v) is 5.77. The Kier molecular flexibility index (Phi) is 4.10. The van der Waals surface area contributed by atoms with Crippen molar-refractivity contribution in [2.45, 2.75) is 46.0 Å². The summed E-state index contributed by atoms with van der Waals surface area (Å²) < 4.78 is 1.74. The van der Waals surface area contributed by atoms with E-state index in [9.17, 15) is 4.79 Å². The van der Waals surface area contributed by atoms with Crippen LogP contribution in [0.2, 0.25) is 5.02 Å². The van der Waals surface area contributed by atoms with Crippen LogP contribution in [-0.4, -0.2) is 15.6 Å². The van der Waals surface area contributed by atoms with Crippen molar-refractivity contribution >= 4 is 17.4 Å². The lowest BCUT2D eigenvalue weighted by atomic mass is 9.96. The molecule has 0 amide bonds. The lowest BCUT2D eigenvalue weighted by Crippen LogP contribution is -2.16. The normalized spacial score (nSPS) is 23.6. The smallest absolute Gasteiger partial charge is 0.141 e. The zero-order valence-corrected chi connectivity index (χ0v) is 12.1. The molecule has 1 heterocycles. The molecule has 2 atom stereocenters. The van der Waals surface area contributed by atoms with Crippen LogP contribution in [0.25, 0.3) is 0 Å². The maximum atomic E-state index is 12.3. The third kappa shape index (κ3) is 2.61. The number of rotatable bonds is 4. The summed E-state index contributed by atoms with van der Waals surface area (Å²) in [6, 6.07) is 0. The van der Waals surface area contributed by atoms with E-state index in [1.54, 1.807) is 4.68 Å². The fraction of sp³-hybridized carbons (Fsp3) is 0.714. The van der Waals surface area contributed by atoms with Gasteiger partial charge in [0, 0.05) is 13.0 Å². The van der Waals surface area contributed by atoms with Crippen molar-refractivity contribution in [2.75, 3.05) is 0 Å². The highest BCUT2D eigenvalue weighted by atomic mass is 35.5. The van der Waals surface area contributed by atoms with Gasteiger partial charge >= 0.3 is 0 Å². The van der Waals surface area contributed by atoms with Crippen molar-refractivity contribution in [3.8, 4) is 0 Å². The first-order valence-corrected chi connectivity index (χ1v) is 7.11. The quantitative estimate of drug-likeness (QED) is 0.840. The van der Waals surface area contributed by atoms with E-state index in [1.807, 2.05) is 14.0 Å². The van der Waals surface area contributed by atoms with E-state index in [1.165, 1.54) is 12.8 Å². The van der Waals surface area contributed by atoms with Crippen LogP contribution in [0.3, 0.4) is 0 Å².